The van der Waals surface area contributed by atoms with Crippen LogP contribution in [0.4, 0.5) is 0 Å². The Morgan fingerprint density at radius 3 is 2.94 bits per heavy atom. The summed E-state index contributed by atoms with van der Waals surface area (Å²) in [6.45, 7) is 1.23. The number of aromatic nitrogens is 4. The van der Waals surface area contributed by atoms with Gasteiger partial charge in [0.2, 0.25) is 5.88 Å². The highest BCUT2D eigenvalue weighted by molar-refractivity contribution is 5.82. The van der Waals surface area contributed by atoms with E-state index in [0.717, 1.165) is 10.9 Å². The molecule has 2 heterocycles. The zero-order chi connectivity index (χ0) is 12.2. The second-order valence-electron chi connectivity index (χ2n) is 3.81. The summed E-state index contributed by atoms with van der Waals surface area (Å²) in [6.07, 6.45) is 5.17. The lowest BCUT2D eigenvalue weighted by Gasteiger charge is -2.07. The maximum atomic E-state index is 5.68. The van der Waals surface area contributed by atoms with Crippen molar-refractivity contribution in [2.45, 2.75) is 6.54 Å². The third kappa shape index (κ3) is 2.15. The maximum absolute atomic E-state index is 5.68. The summed E-state index contributed by atoms with van der Waals surface area (Å²) in [5.74, 6) is 0.618. The summed E-state index contributed by atoms with van der Waals surface area (Å²) in [5.41, 5.74) is 0.890. The van der Waals surface area contributed by atoms with E-state index in [2.05, 4.69) is 15.1 Å². The molecule has 0 spiro atoms. The van der Waals surface area contributed by atoms with E-state index in [1.165, 1.54) is 6.33 Å². The fraction of sp³-hybridized carbons (Fsp3) is 0.154. The number of hydrogen-bond acceptors (Lipinski definition) is 4. The molecule has 0 aliphatic heterocycles. The van der Waals surface area contributed by atoms with Gasteiger partial charge in [0.15, 0.2) is 0 Å². The molecule has 0 saturated carbocycles. The normalized spacial score (nSPS) is 10.7. The van der Waals surface area contributed by atoms with Gasteiger partial charge >= 0.3 is 0 Å². The van der Waals surface area contributed by atoms with Crippen molar-refractivity contribution in [2.75, 3.05) is 6.61 Å². The van der Waals surface area contributed by atoms with E-state index < -0.39 is 0 Å². The molecule has 2 aromatic heterocycles. The highest BCUT2D eigenvalue weighted by Crippen LogP contribution is 2.20. The summed E-state index contributed by atoms with van der Waals surface area (Å²) in [6, 6.07) is 9.69. The maximum Gasteiger partial charge on any atom is 0.224 e. The van der Waals surface area contributed by atoms with Gasteiger partial charge in [0, 0.05) is 12.4 Å². The number of para-hydroxylation sites is 1. The Balaban J connectivity index is 1.74. The highest BCUT2D eigenvalue weighted by Gasteiger charge is 2.03. The topological polar surface area (TPSA) is 52.8 Å². The first-order chi connectivity index (χ1) is 8.93. The number of nitrogens with zero attached hydrogens (tertiary/aromatic N) is 4. The van der Waals surface area contributed by atoms with Crippen LogP contribution in [0.1, 0.15) is 0 Å². The molecule has 0 bridgehead atoms. The molecule has 5 nitrogen and oxygen atoms in total. The zero-order valence-corrected chi connectivity index (χ0v) is 9.73. The second kappa shape index (κ2) is 4.83. The molecule has 18 heavy (non-hydrogen) atoms. The lowest BCUT2D eigenvalue weighted by molar-refractivity contribution is 0.284. The van der Waals surface area contributed by atoms with Gasteiger partial charge in [-0.3, -0.25) is 4.68 Å². The minimum atomic E-state index is 0.530. The van der Waals surface area contributed by atoms with Crippen molar-refractivity contribution >= 4 is 10.9 Å². The van der Waals surface area contributed by atoms with Crippen molar-refractivity contribution in [1.29, 1.82) is 0 Å². The van der Waals surface area contributed by atoms with Crippen molar-refractivity contribution in [3.63, 3.8) is 0 Å². The average molecular weight is 240 g/mol. The Morgan fingerprint density at radius 1 is 1.11 bits per heavy atom. The van der Waals surface area contributed by atoms with Gasteiger partial charge in [0.1, 0.15) is 12.9 Å². The lowest BCUT2D eigenvalue weighted by atomic mass is 10.2. The molecule has 0 aliphatic carbocycles. The summed E-state index contributed by atoms with van der Waals surface area (Å²) in [7, 11) is 0. The predicted octanol–water partition coefficient (Wildman–Crippen LogP) is 1.91. The zero-order valence-electron chi connectivity index (χ0n) is 9.73. The van der Waals surface area contributed by atoms with Crippen molar-refractivity contribution in [1.82, 2.24) is 19.7 Å². The summed E-state index contributed by atoms with van der Waals surface area (Å²) < 4.78 is 7.50. The first-order valence-corrected chi connectivity index (χ1v) is 5.73. The molecule has 0 fully saturated rings. The van der Waals surface area contributed by atoms with Crippen molar-refractivity contribution < 1.29 is 4.74 Å². The van der Waals surface area contributed by atoms with E-state index in [0.29, 0.717) is 19.0 Å². The van der Waals surface area contributed by atoms with E-state index in [4.69, 9.17) is 4.74 Å². The van der Waals surface area contributed by atoms with Gasteiger partial charge in [-0.25, -0.2) is 9.97 Å². The predicted molar refractivity (Wildman–Crippen MR) is 67.3 cm³/mol. The van der Waals surface area contributed by atoms with Gasteiger partial charge in [0.25, 0.3) is 0 Å². The Bertz CT molecular complexity index is 631. The Morgan fingerprint density at radius 2 is 2.06 bits per heavy atom. The Hall–Kier alpha value is -2.43. The molecule has 90 valence electrons. The van der Waals surface area contributed by atoms with Crippen LogP contribution in [0.5, 0.6) is 5.88 Å². The molecule has 0 radical (unpaired) electrons. The summed E-state index contributed by atoms with van der Waals surface area (Å²) in [4.78, 5) is 8.35. The first-order valence-electron chi connectivity index (χ1n) is 5.73. The largest absolute Gasteiger partial charge is 0.475 e. The van der Waals surface area contributed by atoms with Gasteiger partial charge in [-0.1, -0.05) is 12.1 Å². The second-order valence-corrected chi connectivity index (χ2v) is 3.81. The molecule has 0 N–H and O–H groups in total. The van der Waals surface area contributed by atoms with Crippen molar-refractivity contribution in [3.8, 4) is 5.88 Å². The van der Waals surface area contributed by atoms with Gasteiger partial charge in [-0.2, -0.15) is 5.10 Å². The first kappa shape index (κ1) is 10.7. The molecule has 0 atom stereocenters. The Kier molecular flexibility index (Phi) is 2.87. The highest BCUT2D eigenvalue weighted by atomic mass is 16.5. The lowest BCUT2D eigenvalue weighted by Crippen LogP contribution is -2.09. The molecule has 5 heteroatoms. The van der Waals surface area contributed by atoms with E-state index in [1.54, 1.807) is 6.20 Å². The summed E-state index contributed by atoms with van der Waals surface area (Å²) in [5, 5.41) is 5.04. The quantitative estimate of drug-likeness (QED) is 0.699. The van der Waals surface area contributed by atoms with Crippen molar-refractivity contribution in [3.05, 3.63) is 49.1 Å². The monoisotopic (exact) mass is 240 g/mol. The molecule has 3 aromatic rings. The number of hydrogen-bond donors (Lipinski definition) is 0. The van der Waals surface area contributed by atoms with Gasteiger partial charge in [0.05, 0.1) is 17.4 Å². The van der Waals surface area contributed by atoms with Crippen molar-refractivity contribution in [2.24, 2.45) is 0 Å². The van der Waals surface area contributed by atoms with Gasteiger partial charge < -0.3 is 4.74 Å². The minimum absolute atomic E-state index is 0.530. The number of fused-ring (bicyclic) bond motifs is 1. The number of ether oxygens (including phenoxy) is 1. The SMILES string of the molecule is c1ccc2c(OCCn3cccn3)ncnc2c1. The third-order valence-electron chi connectivity index (χ3n) is 2.62. The molecular formula is C13H12N4O. The van der Waals surface area contributed by atoms with Crippen LogP contribution < -0.4 is 4.74 Å². The van der Waals surface area contributed by atoms with E-state index in [1.807, 2.05) is 41.2 Å². The van der Waals surface area contributed by atoms with E-state index in [9.17, 15) is 0 Å². The number of rotatable bonds is 4. The van der Waals surface area contributed by atoms with Gasteiger partial charge in [-0.15, -0.1) is 0 Å². The third-order valence-corrected chi connectivity index (χ3v) is 2.62. The standard InChI is InChI=1S/C13H12N4O/c1-2-5-12-11(4-1)13(15-10-14-12)18-9-8-17-7-3-6-16-17/h1-7,10H,8-9H2. The average Bonchev–Trinajstić information content (AvgIpc) is 2.92. The molecular weight excluding hydrogens is 228 g/mol. The molecule has 3 rings (SSSR count). The number of benzene rings is 1. The van der Waals surface area contributed by atoms with Crippen LogP contribution in [0.3, 0.4) is 0 Å². The van der Waals surface area contributed by atoms with Crippen LogP contribution >= 0.6 is 0 Å². The smallest absolute Gasteiger partial charge is 0.224 e. The molecule has 1 aromatic carbocycles. The Labute approximate surface area is 104 Å². The molecule has 0 amide bonds. The fourth-order valence-corrected chi connectivity index (χ4v) is 1.76. The summed E-state index contributed by atoms with van der Waals surface area (Å²) >= 11 is 0. The van der Waals surface area contributed by atoms with Crippen LogP contribution in [-0.4, -0.2) is 26.4 Å². The fourth-order valence-electron chi connectivity index (χ4n) is 1.76. The van der Waals surface area contributed by atoms with E-state index in [-0.39, 0.29) is 0 Å². The van der Waals surface area contributed by atoms with Crippen LogP contribution in [0, 0.1) is 0 Å². The van der Waals surface area contributed by atoms with Crippen LogP contribution in [-0.2, 0) is 6.54 Å². The van der Waals surface area contributed by atoms with Crippen LogP contribution in [0.15, 0.2) is 49.1 Å². The minimum Gasteiger partial charge on any atom is -0.475 e. The molecule has 0 aliphatic rings. The molecule has 0 unspecified atom stereocenters. The van der Waals surface area contributed by atoms with E-state index >= 15 is 0 Å². The van der Waals surface area contributed by atoms with Crippen LogP contribution in [0.25, 0.3) is 10.9 Å². The molecule has 0 saturated heterocycles. The van der Waals surface area contributed by atoms with Crippen LogP contribution in [0.2, 0.25) is 0 Å². The van der Waals surface area contributed by atoms with Gasteiger partial charge in [-0.05, 0) is 18.2 Å².